The van der Waals surface area contributed by atoms with Crippen molar-refractivity contribution in [1.29, 1.82) is 0 Å². The van der Waals surface area contributed by atoms with Crippen LogP contribution >= 0.6 is 11.6 Å². The quantitative estimate of drug-likeness (QED) is 0.674. The molecule has 0 saturated heterocycles. The summed E-state index contributed by atoms with van der Waals surface area (Å²) in [5, 5.41) is 22.4. The number of aromatic nitrogens is 2. The van der Waals surface area contributed by atoms with E-state index in [-0.39, 0.29) is 18.5 Å². The Morgan fingerprint density at radius 3 is 2.91 bits per heavy atom. The van der Waals surface area contributed by atoms with E-state index in [1.165, 1.54) is 0 Å². The molecule has 1 amide bonds. The number of nitrogens with one attached hydrogen (secondary N) is 2. The lowest BCUT2D eigenvalue weighted by Crippen LogP contribution is -2.36. The normalized spacial score (nSPS) is 33.0. The minimum Gasteiger partial charge on any atom is -0.385 e. The molecule has 2 aliphatic rings. The van der Waals surface area contributed by atoms with Crippen LogP contribution in [-0.2, 0) is 10.4 Å². The van der Waals surface area contributed by atoms with E-state index in [0.717, 1.165) is 16.5 Å². The summed E-state index contributed by atoms with van der Waals surface area (Å²) in [5.41, 5.74) is 6.06. The van der Waals surface area contributed by atoms with Crippen molar-refractivity contribution in [3.05, 3.63) is 28.9 Å². The van der Waals surface area contributed by atoms with Crippen LogP contribution in [0.15, 0.2) is 18.3 Å². The molecule has 0 spiro atoms. The van der Waals surface area contributed by atoms with Crippen LogP contribution in [-0.4, -0.2) is 33.8 Å². The zero-order chi connectivity index (χ0) is 15.5. The summed E-state index contributed by atoms with van der Waals surface area (Å²) in [6, 6.07) is 3.77. The lowest BCUT2D eigenvalue weighted by atomic mass is 9.86. The number of nitrogens with two attached hydrogens (primary N) is 1. The molecule has 2 fully saturated rings. The molecule has 2 saturated carbocycles. The average Bonchev–Trinajstić information content (AvgIpc) is 2.86. The van der Waals surface area contributed by atoms with Gasteiger partial charge in [0.15, 0.2) is 0 Å². The van der Waals surface area contributed by atoms with Crippen molar-refractivity contribution in [3.63, 3.8) is 0 Å². The van der Waals surface area contributed by atoms with Crippen molar-refractivity contribution < 1.29 is 9.90 Å². The van der Waals surface area contributed by atoms with Gasteiger partial charge in [0.25, 0.3) is 0 Å². The maximum atomic E-state index is 11.4. The number of carbonyl (C=O) groups is 1. The Balaban J connectivity index is 1.60. The molecule has 7 heteroatoms. The van der Waals surface area contributed by atoms with Gasteiger partial charge in [-0.1, -0.05) is 11.6 Å². The first-order valence-electron chi connectivity index (χ1n) is 7.37. The highest BCUT2D eigenvalue weighted by Gasteiger charge is 2.62. The Hall–Kier alpha value is -1.63. The molecule has 5 N–H and O–H groups in total. The summed E-state index contributed by atoms with van der Waals surface area (Å²) >= 11 is 6.16. The van der Waals surface area contributed by atoms with Gasteiger partial charge in [-0.25, -0.2) is 0 Å². The number of H-pyrrole nitrogens is 1. The maximum Gasteiger partial charge on any atom is 0.233 e. The van der Waals surface area contributed by atoms with E-state index >= 15 is 0 Å². The van der Waals surface area contributed by atoms with Gasteiger partial charge in [0, 0.05) is 16.5 Å². The third-order valence-electron chi connectivity index (χ3n) is 5.02. The standard InChI is InChI=1S/C15H17ClN4O2/c16-7-1-11(10-6-18-20-12(10)2-7)15(22)3-8-9(4-15)14(8)19-13(21)5-17/h1-2,6,8-9,14,22H,3-5,17H2,(H,18,20)(H,19,21)/t8-,9+,14?,15?. The predicted molar refractivity (Wildman–Crippen MR) is 82.2 cm³/mol. The smallest absolute Gasteiger partial charge is 0.233 e. The number of hydrogen-bond acceptors (Lipinski definition) is 4. The number of rotatable bonds is 3. The molecule has 0 aliphatic heterocycles. The number of hydrogen-bond donors (Lipinski definition) is 4. The highest BCUT2D eigenvalue weighted by molar-refractivity contribution is 6.31. The summed E-state index contributed by atoms with van der Waals surface area (Å²) in [4.78, 5) is 11.4. The zero-order valence-corrected chi connectivity index (χ0v) is 12.6. The molecule has 6 nitrogen and oxygen atoms in total. The largest absolute Gasteiger partial charge is 0.385 e. The van der Waals surface area contributed by atoms with E-state index < -0.39 is 5.60 Å². The molecule has 1 aromatic carbocycles. The van der Waals surface area contributed by atoms with Crippen LogP contribution in [0.1, 0.15) is 18.4 Å². The van der Waals surface area contributed by atoms with E-state index in [1.807, 2.05) is 6.07 Å². The van der Waals surface area contributed by atoms with Crippen LogP contribution in [0.4, 0.5) is 0 Å². The highest BCUT2D eigenvalue weighted by Crippen LogP contribution is 2.60. The highest BCUT2D eigenvalue weighted by atomic mass is 35.5. The summed E-state index contributed by atoms with van der Waals surface area (Å²) in [6.07, 6.45) is 2.96. The number of amides is 1. The average molecular weight is 321 g/mol. The van der Waals surface area contributed by atoms with Gasteiger partial charge in [0.1, 0.15) is 0 Å². The Labute approximate surface area is 132 Å². The molecule has 1 heterocycles. The van der Waals surface area contributed by atoms with Gasteiger partial charge in [0.05, 0.1) is 23.9 Å². The second-order valence-corrected chi connectivity index (χ2v) is 6.79. The van der Waals surface area contributed by atoms with Crippen LogP contribution in [0.2, 0.25) is 5.02 Å². The summed E-state index contributed by atoms with van der Waals surface area (Å²) < 4.78 is 0. The van der Waals surface area contributed by atoms with E-state index in [4.69, 9.17) is 17.3 Å². The zero-order valence-electron chi connectivity index (χ0n) is 11.8. The SMILES string of the molecule is NCC(=O)NC1[C@H]2CC(O)(c3cc(Cl)cc4[nH]ncc34)C[C@@H]12. The molecular weight excluding hydrogens is 304 g/mol. The van der Waals surface area contributed by atoms with Crippen molar-refractivity contribution in [2.75, 3.05) is 6.54 Å². The first kappa shape index (κ1) is 14.0. The third kappa shape index (κ3) is 2.02. The van der Waals surface area contributed by atoms with Crippen molar-refractivity contribution in [2.45, 2.75) is 24.5 Å². The fourth-order valence-corrected chi connectivity index (χ4v) is 4.16. The van der Waals surface area contributed by atoms with Crippen molar-refractivity contribution in [2.24, 2.45) is 17.6 Å². The maximum absolute atomic E-state index is 11.4. The van der Waals surface area contributed by atoms with Gasteiger partial charge in [0.2, 0.25) is 5.91 Å². The number of aliphatic hydroxyl groups is 1. The monoisotopic (exact) mass is 320 g/mol. The molecule has 0 radical (unpaired) electrons. The predicted octanol–water partition coefficient (Wildman–Crippen LogP) is 0.887. The van der Waals surface area contributed by atoms with E-state index in [2.05, 4.69) is 15.5 Å². The first-order chi connectivity index (χ1) is 10.5. The number of fused-ring (bicyclic) bond motifs is 2. The molecule has 0 bridgehead atoms. The van der Waals surface area contributed by atoms with E-state index in [0.29, 0.717) is 29.7 Å². The van der Waals surface area contributed by atoms with Crippen molar-refractivity contribution in [3.8, 4) is 0 Å². The van der Waals surface area contributed by atoms with Gasteiger partial charge in [-0.05, 0) is 42.4 Å². The van der Waals surface area contributed by atoms with Crippen LogP contribution in [0.5, 0.6) is 0 Å². The molecule has 2 aliphatic carbocycles. The number of aromatic amines is 1. The Bertz CT molecular complexity index is 747. The molecule has 22 heavy (non-hydrogen) atoms. The second-order valence-electron chi connectivity index (χ2n) is 6.35. The summed E-state index contributed by atoms with van der Waals surface area (Å²) in [6.45, 7) is 0.00411. The minimum absolute atomic E-state index is 0.00411. The number of benzene rings is 1. The number of nitrogens with zero attached hydrogens (tertiary/aromatic N) is 1. The topological polar surface area (TPSA) is 104 Å². The Morgan fingerprint density at radius 1 is 1.50 bits per heavy atom. The minimum atomic E-state index is -0.910. The van der Waals surface area contributed by atoms with Gasteiger partial charge < -0.3 is 16.2 Å². The Kier molecular flexibility index (Phi) is 2.98. The molecule has 1 aromatic heterocycles. The van der Waals surface area contributed by atoms with Crippen molar-refractivity contribution in [1.82, 2.24) is 15.5 Å². The second kappa shape index (κ2) is 4.68. The van der Waals surface area contributed by atoms with E-state index in [9.17, 15) is 9.90 Å². The number of halogens is 1. The van der Waals surface area contributed by atoms with Gasteiger partial charge >= 0.3 is 0 Å². The lowest BCUT2D eigenvalue weighted by Gasteiger charge is -2.27. The summed E-state index contributed by atoms with van der Waals surface area (Å²) in [5.74, 6) is 0.478. The molecule has 2 unspecified atom stereocenters. The fourth-order valence-electron chi connectivity index (χ4n) is 3.94. The van der Waals surface area contributed by atoms with Gasteiger partial charge in [-0.2, -0.15) is 5.10 Å². The fraction of sp³-hybridized carbons (Fsp3) is 0.467. The van der Waals surface area contributed by atoms with Crippen LogP contribution in [0.3, 0.4) is 0 Å². The molecule has 4 atom stereocenters. The molecule has 116 valence electrons. The molecule has 4 rings (SSSR count). The Morgan fingerprint density at radius 2 is 2.23 bits per heavy atom. The number of carbonyl (C=O) groups excluding carboxylic acids is 1. The van der Waals surface area contributed by atoms with Crippen LogP contribution in [0, 0.1) is 11.8 Å². The van der Waals surface area contributed by atoms with Crippen molar-refractivity contribution >= 4 is 28.4 Å². The molecule has 2 aromatic rings. The van der Waals surface area contributed by atoms with Crippen LogP contribution < -0.4 is 11.1 Å². The third-order valence-corrected chi connectivity index (χ3v) is 5.23. The first-order valence-corrected chi connectivity index (χ1v) is 7.74. The summed E-state index contributed by atoms with van der Waals surface area (Å²) in [7, 11) is 0. The van der Waals surface area contributed by atoms with E-state index in [1.54, 1.807) is 12.3 Å². The lowest BCUT2D eigenvalue weighted by molar-refractivity contribution is -0.120. The molecular formula is C15H17ClN4O2. The van der Waals surface area contributed by atoms with Gasteiger partial charge in [-0.15, -0.1) is 0 Å². The van der Waals surface area contributed by atoms with Gasteiger partial charge in [-0.3, -0.25) is 9.89 Å². The van der Waals surface area contributed by atoms with Crippen LogP contribution in [0.25, 0.3) is 10.9 Å².